The maximum Gasteiger partial charge on any atom is 0.146 e. The van der Waals surface area contributed by atoms with E-state index < -0.39 is 8.07 Å². The molecule has 0 amide bonds. The zero-order valence-electron chi connectivity index (χ0n) is 19.7. The molecule has 0 N–H and O–H groups in total. The van der Waals surface area contributed by atoms with Crippen molar-refractivity contribution in [3.63, 3.8) is 0 Å². The molecule has 0 aliphatic heterocycles. The molecule has 2 heteroatoms. The first-order valence-corrected chi connectivity index (χ1v) is 14.5. The molecule has 0 aliphatic carbocycles. The molecule has 0 nitrogen and oxygen atoms in total. The lowest BCUT2D eigenvalue weighted by Gasteiger charge is -2.38. The normalized spacial score (nSPS) is 12.4. The second-order valence-electron chi connectivity index (χ2n) is 8.86. The van der Waals surface area contributed by atoms with Crippen LogP contribution < -0.4 is 0 Å². The van der Waals surface area contributed by atoms with Crippen LogP contribution in [0.4, 0.5) is 0 Å². The van der Waals surface area contributed by atoms with Crippen LogP contribution in [0.3, 0.4) is 0 Å². The highest BCUT2D eigenvalue weighted by Gasteiger charge is 2.41. The fraction of sp³-hybridized carbons (Fsp3) is 0.556. The monoisotopic (exact) mass is 518 g/mol. The van der Waals surface area contributed by atoms with Crippen LogP contribution in [0.15, 0.2) is 33.4 Å². The van der Waals surface area contributed by atoms with E-state index in [1.54, 1.807) is 0 Å². The lowest BCUT2D eigenvalue weighted by Crippen LogP contribution is -2.43. The van der Waals surface area contributed by atoms with Crippen molar-refractivity contribution in [3.8, 4) is 23.3 Å². The van der Waals surface area contributed by atoms with Crippen molar-refractivity contribution < 1.29 is 0 Å². The molecule has 0 heterocycles. The average Bonchev–Trinajstić information content (AvgIpc) is 2.65. The fourth-order valence-electron chi connectivity index (χ4n) is 4.28. The Morgan fingerprint density at radius 3 is 1.66 bits per heavy atom. The Balaban J connectivity index is 3.14. The Kier molecular flexibility index (Phi) is 11.4. The van der Waals surface area contributed by atoms with E-state index >= 15 is 0 Å². The van der Waals surface area contributed by atoms with Crippen molar-refractivity contribution in [2.45, 2.75) is 97.7 Å². The fourth-order valence-corrected chi connectivity index (χ4v) is 10.5. The summed E-state index contributed by atoms with van der Waals surface area (Å²) in [5.74, 6) is 10.3. The van der Waals surface area contributed by atoms with Gasteiger partial charge in [0.1, 0.15) is 8.07 Å². The molecular weight excluding hydrogens is 479 g/mol. The van der Waals surface area contributed by atoms with E-state index in [9.17, 15) is 0 Å². The van der Waals surface area contributed by atoms with Gasteiger partial charge in [-0.2, -0.15) is 0 Å². The molecule has 158 valence electrons. The van der Waals surface area contributed by atoms with Gasteiger partial charge in [0.2, 0.25) is 0 Å². The van der Waals surface area contributed by atoms with Crippen molar-refractivity contribution in [1.82, 2.24) is 0 Å². The first kappa shape index (κ1) is 26.1. The van der Waals surface area contributed by atoms with E-state index in [1.807, 2.05) is 0 Å². The van der Waals surface area contributed by atoms with Gasteiger partial charge >= 0.3 is 0 Å². The van der Waals surface area contributed by atoms with E-state index in [0.29, 0.717) is 16.6 Å². The third kappa shape index (κ3) is 7.34. The summed E-state index contributed by atoms with van der Waals surface area (Å²) in [5, 5.41) is 0. The summed E-state index contributed by atoms with van der Waals surface area (Å²) in [6.07, 6.45) is 4.52. The van der Waals surface area contributed by atoms with Gasteiger partial charge in [-0.15, -0.1) is 5.54 Å². The standard InChI is InChI=1S/C27H39ISi/c1-9-11-26(27(28)12-10-2)18-17-24-13-15-25(16-14-24)19-20-29(21(3)4,22(5)6)23(7)8/h13-16,21-23H,9-12H2,1-8H3/b27-26-. The van der Waals surface area contributed by atoms with E-state index in [2.05, 4.69) is 126 Å². The summed E-state index contributed by atoms with van der Waals surface area (Å²) in [6, 6.07) is 8.52. The zero-order chi connectivity index (χ0) is 22.0. The van der Waals surface area contributed by atoms with Gasteiger partial charge in [0, 0.05) is 20.3 Å². The maximum atomic E-state index is 3.81. The summed E-state index contributed by atoms with van der Waals surface area (Å²) < 4.78 is 1.42. The molecule has 0 saturated carbocycles. The molecule has 1 aromatic rings. The molecule has 1 rings (SSSR count). The van der Waals surface area contributed by atoms with Crippen LogP contribution in [0.1, 0.15) is 92.2 Å². The van der Waals surface area contributed by atoms with Gasteiger partial charge in [-0.3, -0.25) is 0 Å². The summed E-state index contributed by atoms with van der Waals surface area (Å²) >= 11 is 2.47. The van der Waals surface area contributed by atoms with Crippen LogP contribution >= 0.6 is 22.6 Å². The predicted molar refractivity (Wildman–Crippen MR) is 142 cm³/mol. The van der Waals surface area contributed by atoms with Gasteiger partial charge in [0.25, 0.3) is 0 Å². The van der Waals surface area contributed by atoms with Crippen LogP contribution in [0.25, 0.3) is 0 Å². The summed E-state index contributed by atoms with van der Waals surface area (Å²) in [7, 11) is -1.68. The Morgan fingerprint density at radius 2 is 1.24 bits per heavy atom. The van der Waals surface area contributed by atoms with Crippen molar-refractivity contribution in [1.29, 1.82) is 0 Å². The first-order chi connectivity index (χ1) is 13.7. The minimum absolute atomic E-state index is 0.662. The Bertz CT molecular complexity index is 767. The molecule has 0 aromatic heterocycles. The Morgan fingerprint density at radius 1 is 0.793 bits per heavy atom. The largest absolute Gasteiger partial charge is 0.146 e. The summed E-state index contributed by atoms with van der Waals surface area (Å²) in [5.41, 5.74) is 9.28. The predicted octanol–water partition coefficient (Wildman–Crippen LogP) is 8.90. The van der Waals surface area contributed by atoms with Crippen LogP contribution in [-0.2, 0) is 0 Å². The van der Waals surface area contributed by atoms with Crippen molar-refractivity contribution in [2.75, 3.05) is 0 Å². The molecule has 0 unspecified atom stereocenters. The van der Waals surface area contributed by atoms with Crippen LogP contribution in [0.5, 0.6) is 0 Å². The molecule has 0 atom stereocenters. The number of halogens is 1. The number of allylic oxidation sites excluding steroid dienone is 2. The van der Waals surface area contributed by atoms with Gasteiger partial charge in [0.05, 0.1) is 0 Å². The lowest BCUT2D eigenvalue weighted by molar-refractivity contribution is 0.838. The molecule has 29 heavy (non-hydrogen) atoms. The minimum Gasteiger partial charge on any atom is -0.125 e. The van der Waals surface area contributed by atoms with Crippen molar-refractivity contribution in [2.24, 2.45) is 0 Å². The second-order valence-corrected chi connectivity index (χ2v) is 15.7. The Hall–Kier alpha value is -0.973. The van der Waals surface area contributed by atoms with E-state index in [1.165, 1.54) is 15.6 Å². The number of hydrogen-bond donors (Lipinski definition) is 0. The molecule has 0 aliphatic rings. The van der Waals surface area contributed by atoms with Crippen molar-refractivity contribution in [3.05, 3.63) is 44.5 Å². The van der Waals surface area contributed by atoms with Gasteiger partial charge < -0.3 is 0 Å². The molecule has 0 radical (unpaired) electrons. The van der Waals surface area contributed by atoms with Crippen LogP contribution in [-0.4, -0.2) is 8.07 Å². The van der Waals surface area contributed by atoms with Crippen LogP contribution in [0, 0.1) is 23.3 Å². The van der Waals surface area contributed by atoms with Crippen LogP contribution in [0.2, 0.25) is 16.6 Å². The highest BCUT2D eigenvalue weighted by molar-refractivity contribution is 14.1. The smallest absolute Gasteiger partial charge is 0.125 e. The van der Waals surface area contributed by atoms with E-state index in [0.717, 1.165) is 30.4 Å². The second kappa shape index (κ2) is 12.7. The molecule has 0 saturated heterocycles. The molecule has 1 aromatic carbocycles. The molecule has 0 bridgehead atoms. The van der Waals surface area contributed by atoms with Gasteiger partial charge in [-0.25, -0.2) is 0 Å². The van der Waals surface area contributed by atoms with Gasteiger partial charge in [-0.1, -0.05) is 86.0 Å². The Labute approximate surface area is 195 Å². The average molecular weight is 519 g/mol. The minimum atomic E-state index is -1.68. The quantitative estimate of drug-likeness (QED) is 0.192. The van der Waals surface area contributed by atoms with Crippen molar-refractivity contribution >= 4 is 30.7 Å². The summed E-state index contributed by atoms with van der Waals surface area (Å²) in [4.78, 5) is 0. The number of rotatable bonds is 7. The van der Waals surface area contributed by atoms with E-state index in [-0.39, 0.29) is 0 Å². The number of benzene rings is 1. The SMILES string of the molecule is CCC/C(I)=C(/C#Cc1ccc(C#C[Si](C(C)C)(C(C)C)C(C)C)cc1)CCC. The highest BCUT2D eigenvalue weighted by Crippen LogP contribution is 2.40. The van der Waals surface area contributed by atoms with E-state index in [4.69, 9.17) is 0 Å². The van der Waals surface area contributed by atoms with Gasteiger partial charge in [0.15, 0.2) is 0 Å². The third-order valence-electron chi connectivity index (χ3n) is 5.83. The topological polar surface area (TPSA) is 0 Å². The molecular formula is C27H39ISi. The highest BCUT2D eigenvalue weighted by atomic mass is 127. The summed E-state index contributed by atoms with van der Waals surface area (Å²) in [6.45, 7) is 18.6. The van der Waals surface area contributed by atoms with Gasteiger partial charge in [-0.05, 0) is 76.3 Å². The molecule has 0 fully saturated rings. The number of hydrogen-bond acceptors (Lipinski definition) is 0. The lowest BCUT2D eigenvalue weighted by atomic mass is 10.1. The first-order valence-electron chi connectivity index (χ1n) is 11.2. The third-order valence-corrected chi connectivity index (χ3v) is 13.3. The maximum absolute atomic E-state index is 3.81. The molecule has 0 spiro atoms. The zero-order valence-corrected chi connectivity index (χ0v) is 22.9.